The first-order valence-electron chi connectivity index (χ1n) is 14.6. The molecule has 7 aromatic rings. The third-order valence-corrected chi connectivity index (χ3v) is 8.55. The highest BCUT2D eigenvalue weighted by atomic mass is 14.9. The molecule has 0 saturated carbocycles. The molecule has 1 aliphatic heterocycles. The number of fused-ring (bicyclic) bond motifs is 3. The van der Waals surface area contributed by atoms with Crippen molar-refractivity contribution < 1.29 is 0 Å². The van der Waals surface area contributed by atoms with Crippen LogP contribution in [0.1, 0.15) is 17.2 Å². The third-order valence-electron chi connectivity index (χ3n) is 8.55. The molecule has 0 saturated heterocycles. The number of dihydropyridines is 1. The van der Waals surface area contributed by atoms with Gasteiger partial charge in [0.25, 0.3) is 0 Å². The number of hydrogen-bond acceptors (Lipinski definition) is 1. The quantitative estimate of drug-likeness (QED) is 0.221. The molecule has 1 heterocycles. The fourth-order valence-electron chi connectivity index (χ4n) is 6.56. The molecule has 0 amide bonds. The predicted octanol–water partition coefficient (Wildman–Crippen LogP) is 10.7. The topological polar surface area (TPSA) is 12.0 Å². The smallest absolute Gasteiger partial charge is 0.0702 e. The Labute approximate surface area is 246 Å². The molecule has 7 aromatic carbocycles. The van der Waals surface area contributed by atoms with Crippen LogP contribution >= 0.6 is 0 Å². The lowest BCUT2D eigenvalue weighted by molar-refractivity contribution is 0.755. The van der Waals surface area contributed by atoms with Crippen LogP contribution in [0.25, 0.3) is 60.1 Å². The maximum Gasteiger partial charge on any atom is 0.0702 e. The minimum Gasteiger partial charge on any atom is -0.380 e. The minimum atomic E-state index is 0.125. The summed E-state index contributed by atoms with van der Waals surface area (Å²) >= 11 is 0. The van der Waals surface area contributed by atoms with E-state index in [9.17, 15) is 0 Å². The fraction of sp³-hybridized carbons (Fsp3) is 0.0244. The van der Waals surface area contributed by atoms with Crippen molar-refractivity contribution in [2.45, 2.75) is 6.04 Å². The Balaban J connectivity index is 1.25. The molecule has 0 radical (unpaired) electrons. The molecular formula is C41H29N. The van der Waals surface area contributed by atoms with Crippen LogP contribution in [-0.2, 0) is 0 Å². The van der Waals surface area contributed by atoms with Gasteiger partial charge in [0, 0.05) is 6.20 Å². The van der Waals surface area contributed by atoms with Crippen LogP contribution in [0, 0.1) is 0 Å². The van der Waals surface area contributed by atoms with Crippen LogP contribution in [0.15, 0.2) is 164 Å². The van der Waals surface area contributed by atoms with Crippen LogP contribution < -0.4 is 5.32 Å². The Morgan fingerprint density at radius 1 is 0.405 bits per heavy atom. The summed E-state index contributed by atoms with van der Waals surface area (Å²) in [6, 6.07) is 52.6. The number of hydrogen-bond donors (Lipinski definition) is 1. The van der Waals surface area contributed by atoms with E-state index < -0.39 is 0 Å². The second-order valence-corrected chi connectivity index (χ2v) is 11.0. The van der Waals surface area contributed by atoms with Gasteiger partial charge >= 0.3 is 0 Å². The van der Waals surface area contributed by atoms with Crippen LogP contribution in [-0.4, -0.2) is 0 Å². The largest absolute Gasteiger partial charge is 0.380 e. The lowest BCUT2D eigenvalue weighted by Crippen LogP contribution is -2.17. The molecule has 1 unspecified atom stereocenters. The Morgan fingerprint density at radius 3 is 1.57 bits per heavy atom. The molecule has 1 N–H and O–H groups in total. The van der Waals surface area contributed by atoms with Gasteiger partial charge in [0.15, 0.2) is 0 Å². The molecule has 198 valence electrons. The van der Waals surface area contributed by atoms with E-state index in [1.807, 2.05) is 0 Å². The Morgan fingerprint density at radius 2 is 0.929 bits per heavy atom. The fourth-order valence-corrected chi connectivity index (χ4v) is 6.56. The number of nitrogens with one attached hydrogen (secondary N) is 1. The Bertz CT molecular complexity index is 2090. The zero-order valence-electron chi connectivity index (χ0n) is 23.2. The van der Waals surface area contributed by atoms with Crippen LogP contribution in [0.5, 0.6) is 0 Å². The first-order valence-corrected chi connectivity index (χ1v) is 14.6. The molecule has 0 bridgehead atoms. The lowest BCUT2D eigenvalue weighted by atomic mass is 9.85. The summed E-state index contributed by atoms with van der Waals surface area (Å²) in [6.45, 7) is 0. The van der Waals surface area contributed by atoms with Gasteiger partial charge in [-0.3, -0.25) is 0 Å². The summed E-state index contributed by atoms with van der Waals surface area (Å²) in [6.07, 6.45) is 6.80. The summed E-state index contributed by atoms with van der Waals surface area (Å²) in [7, 11) is 0. The van der Waals surface area contributed by atoms with Crippen LogP contribution in [0.2, 0.25) is 0 Å². The van der Waals surface area contributed by atoms with Crippen molar-refractivity contribution in [2.75, 3.05) is 0 Å². The average Bonchev–Trinajstić information content (AvgIpc) is 3.07. The molecule has 8 rings (SSSR count). The van der Waals surface area contributed by atoms with E-state index >= 15 is 0 Å². The van der Waals surface area contributed by atoms with E-state index in [4.69, 9.17) is 0 Å². The van der Waals surface area contributed by atoms with Crippen molar-refractivity contribution in [1.82, 2.24) is 5.32 Å². The number of allylic oxidation sites excluding steroid dienone is 2. The highest BCUT2D eigenvalue weighted by molar-refractivity contribution is 6.19. The van der Waals surface area contributed by atoms with Gasteiger partial charge in [0.1, 0.15) is 0 Å². The summed E-state index contributed by atoms with van der Waals surface area (Å²) in [5.74, 6) is 0. The third kappa shape index (κ3) is 4.10. The summed E-state index contributed by atoms with van der Waals surface area (Å²) in [4.78, 5) is 0. The first-order chi connectivity index (χ1) is 20.8. The monoisotopic (exact) mass is 535 g/mol. The van der Waals surface area contributed by atoms with E-state index in [0.717, 1.165) is 0 Å². The maximum absolute atomic E-state index is 3.72. The molecule has 1 heteroatoms. The highest BCUT2D eigenvalue weighted by Gasteiger charge is 2.19. The van der Waals surface area contributed by atoms with Gasteiger partial charge in [-0.05, 0) is 71.3 Å². The van der Waals surface area contributed by atoms with Crippen LogP contribution in [0.3, 0.4) is 0 Å². The Hall–Kier alpha value is -5.40. The zero-order chi connectivity index (χ0) is 27.9. The van der Waals surface area contributed by atoms with Crippen molar-refractivity contribution in [3.05, 3.63) is 175 Å². The van der Waals surface area contributed by atoms with Gasteiger partial charge in [0.2, 0.25) is 0 Å². The normalized spacial score (nSPS) is 14.7. The second kappa shape index (κ2) is 10.2. The summed E-state index contributed by atoms with van der Waals surface area (Å²) in [5, 5.41) is 11.3. The number of benzene rings is 7. The van der Waals surface area contributed by atoms with Gasteiger partial charge < -0.3 is 5.32 Å². The molecule has 1 atom stereocenters. The van der Waals surface area contributed by atoms with Gasteiger partial charge in [-0.1, -0.05) is 158 Å². The lowest BCUT2D eigenvalue weighted by Gasteiger charge is -2.23. The average molecular weight is 536 g/mol. The molecule has 1 aliphatic rings. The van der Waals surface area contributed by atoms with E-state index in [-0.39, 0.29) is 6.04 Å². The van der Waals surface area contributed by atoms with Crippen molar-refractivity contribution in [1.29, 1.82) is 0 Å². The predicted molar refractivity (Wildman–Crippen MR) is 179 cm³/mol. The zero-order valence-corrected chi connectivity index (χ0v) is 23.2. The maximum atomic E-state index is 3.72. The van der Waals surface area contributed by atoms with Gasteiger partial charge in [-0.15, -0.1) is 0 Å². The van der Waals surface area contributed by atoms with Crippen molar-refractivity contribution >= 4 is 37.9 Å². The molecule has 0 spiro atoms. The number of rotatable bonds is 4. The SMILES string of the molecule is C1=CC(c2cccc3ccccc23)NC=C1c1c2ccccc2c(-c2ccc(-c3ccccc3)cc2)c2ccccc12. The van der Waals surface area contributed by atoms with Crippen molar-refractivity contribution in [3.8, 4) is 22.3 Å². The van der Waals surface area contributed by atoms with Crippen LogP contribution in [0.4, 0.5) is 0 Å². The molecule has 0 aliphatic carbocycles. The molecule has 1 nitrogen and oxygen atoms in total. The summed E-state index contributed by atoms with van der Waals surface area (Å²) < 4.78 is 0. The van der Waals surface area contributed by atoms with E-state index in [0.29, 0.717) is 0 Å². The van der Waals surface area contributed by atoms with E-state index in [2.05, 4.69) is 169 Å². The standard InChI is InChI=1S/C41H29N/c1-2-11-28(12-3-1)29-21-23-31(24-22-29)40-35-16-6-8-18-37(35)41(38-19-9-7-17-36(38)40)32-25-26-39(42-27-32)34-20-10-14-30-13-4-5-15-33(30)34/h1-27,39,42H. The minimum absolute atomic E-state index is 0.125. The second-order valence-electron chi connectivity index (χ2n) is 11.0. The molecular weight excluding hydrogens is 506 g/mol. The van der Waals surface area contributed by atoms with Gasteiger partial charge in [0.05, 0.1) is 6.04 Å². The van der Waals surface area contributed by atoms with E-state index in [1.165, 1.54) is 71.3 Å². The van der Waals surface area contributed by atoms with Crippen molar-refractivity contribution in [3.63, 3.8) is 0 Å². The molecule has 0 aromatic heterocycles. The first kappa shape index (κ1) is 24.4. The van der Waals surface area contributed by atoms with Gasteiger partial charge in [-0.2, -0.15) is 0 Å². The van der Waals surface area contributed by atoms with Crippen molar-refractivity contribution in [2.24, 2.45) is 0 Å². The highest BCUT2D eigenvalue weighted by Crippen LogP contribution is 2.43. The summed E-state index contributed by atoms with van der Waals surface area (Å²) in [5.41, 5.74) is 8.75. The van der Waals surface area contributed by atoms with E-state index in [1.54, 1.807) is 0 Å². The Kier molecular flexibility index (Phi) is 5.93. The molecule has 0 fully saturated rings. The molecule has 42 heavy (non-hydrogen) atoms. The van der Waals surface area contributed by atoms with Gasteiger partial charge in [-0.25, -0.2) is 0 Å².